The SMILES string of the molecule is CC/C=C(\C(=O)N[C@@H]1C(=O)N2C(C(=O)O)=C(COC(N)=O)C(COC(=O)C(C)(C)C)S[C@H]12)c1csc(N)n1. The molecule has 1 unspecified atom stereocenters. The zero-order valence-corrected chi connectivity index (χ0v) is 22.8. The Morgan fingerprint density at radius 3 is 2.47 bits per heavy atom. The predicted molar refractivity (Wildman–Crippen MR) is 139 cm³/mol. The number of nitrogens with one attached hydrogen (secondary N) is 1. The average molecular weight is 568 g/mol. The van der Waals surface area contributed by atoms with E-state index in [1.165, 1.54) is 0 Å². The molecule has 2 aliphatic heterocycles. The largest absolute Gasteiger partial charge is 0.477 e. The van der Waals surface area contributed by atoms with Gasteiger partial charge in [-0.3, -0.25) is 19.3 Å². The molecule has 3 atom stereocenters. The number of carbonyl (C=O) groups is 5. The zero-order valence-electron chi connectivity index (χ0n) is 21.2. The van der Waals surface area contributed by atoms with Crippen molar-refractivity contribution in [2.75, 3.05) is 18.9 Å². The fourth-order valence-electron chi connectivity index (χ4n) is 3.74. The third-order valence-corrected chi connectivity index (χ3v) is 7.75. The third kappa shape index (κ3) is 6.10. The number of aromatic nitrogens is 1. The fourth-order valence-corrected chi connectivity index (χ4v) is 5.80. The van der Waals surface area contributed by atoms with Gasteiger partial charge in [0, 0.05) is 11.0 Å². The van der Waals surface area contributed by atoms with Crippen LogP contribution in [0.25, 0.3) is 5.57 Å². The first-order chi connectivity index (χ1) is 17.8. The molecule has 6 N–H and O–H groups in total. The molecule has 2 aliphatic rings. The third-order valence-electron chi connectivity index (χ3n) is 5.57. The minimum atomic E-state index is -1.45. The molecule has 1 aromatic heterocycles. The number of amides is 3. The number of fused-ring (bicyclic) bond motifs is 1. The second kappa shape index (κ2) is 11.4. The molecule has 1 aromatic rings. The number of esters is 1. The molecule has 206 valence electrons. The van der Waals surface area contributed by atoms with Gasteiger partial charge in [-0.2, -0.15) is 0 Å². The van der Waals surface area contributed by atoms with E-state index in [2.05, 4.69) is 10.3 Å². The minimum Gasteiger partial charge on any atom is -0.477 e. The van der Waals surface area contributed by atoms with E-state index in [1.54, 1.807) is 32.2 Å². The highest BCUT2D eigenvalue weighted by molar-refractivity contribution is 8.01. The van der Waals surface area contributed by atoms with Crippen molar-refractivity contribution in [3.05, 3.63) is 28.4 Å². The first kappa shape index (κ1) is 29.0. The Hall–Kier alpha value is -3.59. The van der Waals surface area contributed by atoms with Crippen molar-refractivity contribution in [1.29, 1.82) is 0 Å². The van der Waals surface area contributed by atoms with Crippen molar-refractivity contribution < 1.29 is 38.6 Å². The van der Waals surface area contributed by atoms with Crippen molar-refractivity contribution in [2.24, 2.45) is 11.1 Å². The summed E-state index contributed by atoms with van der Waals surface area (Å²) >= 11 is 2.26. The van der Waals surface area contributed by atoms with Gasteiger partial charge < -0.3 is 31.4 Å². The Morgan fingerprint density at radius 1 is 1.26 bits per heavy atom. The van der Waals surface area contributed by atoms with E-state index in [9.17, 15) is 29.1 Å². The maximum absolute atomic E-state index is 13.1. The highest BCUT2D eigenvalue weighted by Crippen LogP contribution is 2.45. The van der Waals surface area contributed by atoms with Crippen LogP contribution in [0.3, 0.4) is 0 Å². The van der Waals surface area contributed by atoms with Crippen molar-refractivity contribution in [1.82, 2.24) is 15.2 Å². The summed E-state index contributed by atoms with van der Waals surface area (Å²) in [5.41, 5.74) is 10.2. The number of thioether (sulfide) groups is 1. The zero-order chi connectivity index (χ0) is 28.4. The molecule has 3 amide bonds. The van der Waals surface area contributed by atoms with Gasteiger partial charge in [-0.05, 0) is 27.2 Å². The summed E-state index contributed by atoms with van der Waals surface area (Å²) in [5.74, 6) is -3.22. The molecule has 3 heterocycles. The van der Waals surface area contributed by atoms with E-state index in [0.29, 0.717) is 12.1 Å². The van der Waals surface area contributed by atoms with Crippen LogP contribution in [0.2, 0.25) is 0 Å². The molecular weight excluding hydrogens is 538 g/mol. The van der Waals surface area contributed by atoms with Crippen LogP contribution in [-0.2, 0) is 28.7 Å². The van der Waals surface area contributed by atoms with Crippen LogP contribution in [0.5, 0.6) is 0 Å². The van der Waals surface area contributed by atoms with E-state index in [1.807, 2.05) is 6.92 Å². The number of nitrogens with two attached hydrogens (primary N) is 2. The number of hydrogen-bond acceptors (Lipinski definition) is 11. The Balaban J connectivity index is 1.90. The summed E-state index contributed by atoms with van der Waals surface area (Å²) in [4.78, 5) is 67.2. The highest BCUT2D eigenvalue weighted by Gasteiger charge is 2.56. The van der Waals surface area contributed by atoms with E-state index >= 15 is 0 Å². The topological polar surface area (TPSA) is 204 Å². The van der Waals surface area contributed by atoms with Crippen molar-refractivity contribution in [2.45, 2.75) is 50.8 Å². The van der Waals surface area contributed by atoms with Crippen LogP contribution in [0.4, 0.5) is 9.93 Å². The van der Waals surface area contributed by atoms with Crippen LogP contribution >= 0.6 is 23.1 Å². The molecule has 15 heteroatoms. The van der Waals surface area contributed by atoms with Gasteiger partial charge >= 0.3 is 18.0 Å². The lowest BCUT2D eigenvalue weighted by Crippen LogP contribution is -2.71. The Morgan fingerprint density at radius 2 is 1.95 bits per heavy atom. The number of thiazole rings is 1. The molecule has 13 nitrogen and oxygen atoms in total. The summed E-state index contributed by atoms with van der Waals surface area (Å²) in [5, 5.41) is 12.9. The summed E-state index contributed by atoms with van der Waals surface area (Å²) in [7, 11) is 0. The van der Waals surface area contributed by atoms with E-state index in [-0.39, 0.29) is 22.9 Å². The quantitative estimate of drug-likeness (QED) is 0.190. The lowest BCUT2D eigenvalue weighted by atomic mass is 9.97. The number of β-lactam (4-membered cyclic amide) rings is 1. The molecule has 1 fully saturated rings. The van der Waals surface area contributed by atoms with Crippen LogP contribution < -0.4 is 16.8 Å². The molecule has 0 radical (unpaired) electrons. The maximum Gasteiger partial charge on any atom is 0.404 e. The monoisotopic (exact) mass is 567 g/mol. The van der Waals surface area contributed by atoms with Crippen LogP contribution in [0.15, 0.2) is 22.7 Å². The number of nitrogens with zero attached hydrogens (tertiary/aromatic N) is 2. The standard InChI is InChI=1S/C23H29N5O8S2/c1-5-6-10(12-9-37-21(24)26-12)16(29)27-14-17(30)28-15(19(31)32)11(7-36-22(25)34)13(38-18(14)28)8-35-20(33)23(2,3)4/h6,9,13-14,18H,5,7-8H2,1-4H3,(H2,24,26)(H2,25,34)(H,27,29)(H,31,32)/b10-6-/t13?,14-,18-/m1/s1. The Bertz CT molecular complexity index is 1220. The summed E-state index contributed by atoms with van der Waals surface area (Å²) in [6.07, 6.45) is 1.02. The highest BCUT2D eigenvalue weighted by atomic mass is 32.2. The van der Waals surface area contributed by atoms with E-state index < -0.39 is 64.2 Å². The van der Waals surface area contributed by atoms with E-state index in [0.717, 1.165) is 28.0 Å². The number of primary amides is 1. The van der Waals surface area contributed by atoms with Gasteiger partial charge in [0.1, 0.15) is 30.3 Å². The van der Waals surface area contributed by atoms with Crippen LogP contribution in [-0.4, -0.2) is 74.7 Å². The summed E-state index contributed by atoms with van der Waals surface area (Å²) in [6, 6.07) is -1.07. The number of rotatable bonds is 9. The number of carboxylic acids is 1. The number of hydrogen-bond donors (Lipinski definition) is 4. The molecule has 38 heavy (non-hydrogen) atoms. The lowest BCUT2D eigenvalue weighted by molar-refractivity contribution is -0.153. The molecule has 3 rings (SSSR count). The molecule has 1 saturated heterocycles. The van der Waals surface area contributed by atoms with Gasteiger partial charge in [0.05, 0.1) is 21.9 Å². The van der Waals surface area contributed by atoms with Crippen LogP contribution in [0, 0.1) is 5.41 Å². The second-order valence-corrected chi connectivity index (χ2v) is 11.6. The number of aliphatic carboxylic acids is 1. The number of carbonyl (C=O) groups excluding carboxylic acids is 4. The van der Waals surface area contributed by atoms with Crippen molar-refractivity contribution >= 4 is 63.6 Å². The number of carboxylic acid groups (broad SMARTS) is 1. The average Bonchev–Trinajstić information content (AvgIpc) is 3.26. The number of nitrogen functional groups attached to an aromatic ring is 1. The second-order valence-electron chi connectivity index (χ2n) is 9.41. The number of ether oxygens (including phenoxy) is 2. The van der Waals surface area contributed by atoms with Gasteiger partial charge in [0.2, 0.25) is 0 Å². The van der Waals surface area contributed by atoms with Gasteiger partial charge in [-0.15, -0.1) is 23.1 Å². The van der Waals surface area contributed by atoms with Crippen LogP contribution in [0.1, 0.15) is 39.8 Å². The number of anilines is 1. The molecule has 0 bridgehead atoms. The van der Waals surface area contributed by atoms with Crippen molar-refractivity contribution in [3.8, 4) is 0 Å². The number of allylic oxidation sites excluding steroid dienone is 1. The maximum atomic E-state index is 13.1. The smallest absolute Gasteiger partial charge is 0.404 e. The Kier molecular flexibility index (Phi) is 8.72. The minimum absolute atomic E-state index is 0.0434. The first-order valence-electron chi connectivity index (χ1n) is 11.5. The predicted octanol–water partition coefficient (Wildman–Crippen LogP) is 1.31. The normalized spacial score (nSPS) is 21.4. The van der Waals surface area contributed by atoms with Gasteiger partial charge in [-0.25, -0.2) is 14.6 Å². The fraction of sp³-hybridized carbons (Fsp3) is 0.478. The molecule has 0 saturated carbocycles. The van der Waals surface area contributed by atoms with E-state index in [4.69, 9.17) is 20.9 Å². The summed E-state index contributed by atoms with van der Waals surface area (Å²) < 4.78 is 10.3. The lowest BCUT2D eigenvalue weighted by Gasteiger charge is -2.51. The molecule has 0 spiro atoms. The Labute approximate surface area is 226 Å². The van der Waals surface area contributed by atoms with Gasteiger partial charge in [-0.1, -0.05) is 13.0 Å². The first-order valence-corrected chi connectivity index (χ1v) is 13.3. The van der Waals surface area contributed by atoms with Crippen molar-refractivity contribution in [3.63, 3.8) is 0 Å². The molecular formula is C23H29N5O8S2. The van der Waals surface area contributed by atoms with Gasteiger partial charge in [0.15, 0.2) is 5.13 Å². The molecule has 0 aromatic carbocycles. The summed E-state index contributed by atoms with van der Waals surface area (Å²) in [6.45, 7) is 6.03. The molecule has 0 aliphatic carbocycles. The van der Waals surface area contributed by atoms with Gasteiger partial charge in [0.25, 0.3) is 11.8 Å².